The molecule has 0 spiro atoms. The molecule has 0 amide bonds. The number of nitrogens with one attached hydrogen (secondary N) is 2. The Morgan fingerprint density at radius 2 is 1.80 bits per heavy atom. The largest absolute Gasteiger partial charge is 0.497 e. The third-order valence-electron chi connectivity index (χ3n) is 3.83. The monoisotopic (exact) mass is 453 g/mol. The summed E-state index contributed by atoms with van der Waals surface area (Å²) in [5.41, 5.74) is 3.82. The quantitative estimate of drug-likeness (QED) is 0.289. The van der Waals surface area contributed by atoms with Gasteiger partial charge in [-0.05, 0) is 43.0 Å². The molecule has 0 unspecified atom stereocenters. The van der Waals surface area contributed by atoms with E-state index in [1.807, 2.05) is 12.1 Å². The Labute approximate surface area is 168 Å². The van der Waals surface area contributed by atoms with Gasteiger partial charge in [0.1, 0.15) is 5.75 Å². The molecule has 0 bridgehead atoms. The van der Waals surface area contributed by atoms with E-state index in [9.17, 15) is 0 Å². The van der Waals surface area contributed by atoms with Gasteiger partial charge in [0.2, 0.25) is 0 Å². The topological polar surface area (TPSA) is 45.7 Å². The second-order valence-corrected chi connectivity index (χ2v) is 5.80. The highest BCUT2D eigenvalue weighted by atomic mass is 127. The molecule has 5 heteroatoms. The molecule has 0 heterocycles. The number of ether oxygens (including phenoxy) is 1. The van der Waals surface area contributed by atoms with Crippen LogP contribution >= 0.6 is 24.0 Å². The Hall–Kier alpha value is -1.76. The minimum Gasteiger partial charge on any atom is -0.497 e. The van der Waals surface area contributed by atoms with Gasteiger partial charge in [-0.2, -0.15) is 0 Å². The van der Waals surface area contributed by atoms with Crippen LogP contribution < -0.4 is 15.4 Å². The molecule has 0 aromatic heterocycles. The first-order valence-electron chi connectivity index (χ1n) is 8.34. The summed E-state index contributed by atoms with van der Waals surface area (Å²) in [6.45, 7) is 3.76. The van der Waals surface area contributed by atoms with E-state index in [1.54, 1.807) is 14.2 Å². The van der Waals surface area contributed by atoms with Gasteiger partial charge in [-0.3, -0.25) is 4.99 Å². The minimum atomic E-state index is 0. The molecule has 136 valence electrons. The third kappa shape index (κ3) is 7.77. The smallest absolute Gasteiger partial charge is 0.191 e. The predicted octanol–water partition coefficient (Wildman–Crippen LogP) is 3.92. The van der Waals surface area contributed by atoms with Gasteiger partial charge in [0.15, 0.2) is 5.96 Å². The molecule has 0 aliphatic rings. The first-order chi connectivity index (χ1) is 11.7. The van der Waals surface area contributed by atoms with Crippen LogP contribution in [-0.4, -0.2) is 26.7 Å². The maximum atomic E-state index is 5.25. The van der Waals surface area contributed by atoms with Gasteiger partial charge in [-0.25, -0.2) is 0 Å². The van der Waals surface area contributed by atoms with Crippen LogP contribution in [-0.2, 0) is 13.0 Å². The Morgan fingerprint density at radius 1 is 1.04 bits per heavy atom. The number of aliphatic imine (C=N–C) groups is 1. The number of nitrogens with zero attached hydrogens (tertiary/aromatic N) is 1. The molecule has 2 aromatic rings. The van der Waals surface area contributed by atoms with E-state index >= 15 is 0 Å². The Morgan fingerprint density at radius 3 is 2.52 bits per heavy atom. The van der Waals surface area contributed by atoms with Crippen molar-refractivity contribution in [2.24, 2.45) is 4.99 Å². The molecule has 2 aromatic carbocycles. The SMILES string of the molecule is CN=C(NCCCc1cccc(OC)c1)NCc1cccc(C)c1.I. The van der Waals surface area contributed by atoms with Gasteiger partial charge in [-0.1, -0.05) is 42.0 Å². The van der Waals surface area contributed by atoms with Crippen molar-refractivity contribution in [2.75, 3.05) is 20.7 Å². The number of halogens is 1. The standard InChI is InChI=1S/C20H27N3O.HI/c1-16-7-4-9-18(13-16)15-23-20(21-2)22-12-6-10-17-8-5-11-19(14-17)24-3;/h4-5,7-9,11,13-14H,6,10,12,15H2,1-3H3,(H2,21,22,23);1H. The highest BCUT2D eigenvalue weighted by Crippen LogP contribution is 2.13. The maximum absolute atomic E-state index is 5.25. The van der Waals surface area contributed by atoms with E-state index in [0.717, 1.165) is 37.6 Å². The first kappa shape index (κ1) is 21.3. The molecule has 0 atom stereocenters. The highest BCUT2D eigenvalue weighted by molar-refractivity contribution is 14.0. The van der Waals surface area contributed by atoms with Gasteiger partial charge in [0.25, 0.3) is 0 Å². The fourth-order valence-electron chi connectivity index (χ4n) is 2.56. The Kier molecular flexibility index (Phi) is 9.99. The fourth-order valence-corrected chi connectivity index (χ4v) is 2.56. The first-order valence-corrected chi connectivity index (χ1v) is 8.34. The maximum Gasteiger partial charge on any atom is 0.191 e. The molecule has 0 saturated carbocycles. The average molecular weight is 453 g/mol. The average Bonchev–Trinajstić information content (AvgIpc) is 2.61. The molecule has 0 radical (unpaired) electrons. The van der Waals surface area contributed by atoms with Gasteiger partial charge in [-0.15, -0.1) is 24.0 Å². The van der Waals surface area contributed by atoms with Gasteiger partial charge < -0.3 is 15.4 Å². The summed E-state index contributed by atoms with van der Waals surface area (Å²) < 4.78 is 5.25. The lowest BCUT2D eigenvalue weighted by atomic mass is 10.1. The molecular formula is C20H28IN3O. The summed E-state index contributed by atoms with van der Waals surface area (Å²) in [5.74, 6) is 1.75. The van der Waals surface area contributed by atoms with Crippen LogP contribution in [0.4, 0.5) is 0 Å². The number of hydrogen-bond donors (Lipinski definition) is 2. The lowest BCUT2D eigenvalue weighted by Crippen LogP contribution is -2.37. The van der Waals surface area contributed by atoms with Crippen molar-refractivity contribution in [3.63, 3.8) is 0 Å². The van der Waals surface area contributed by atoms with Gasteiger partial charge >= 0.3 is 0 Å². The zero-order chi connectivity index (χ0) is 17.2. The Bertz CT molecular complexity index is 673. The molecular weight excluding hydrogens is 425 g/mol. The van der Waals surface area contributed by atoms with E-state index in [-0.39, 0.29) is 24.0 Å². The van der Waals surface area contributed by atoms with Crippen molar-refractivity contribution in [1.82, 2.24) is 10.6 Å². The van der Waals surface area contributed by atoms with Gasteiger partial charge in [0.05, 0.1) is 7.11 Å². The lowest BCUT2D eigenvalue weighted by Gasteiger charge is -2.12. The molecule has 25 heavy (non-hydrogen) atoms. The zero-order valence-corrected chi connectivity index (χ0v) is 17.5. The van der Waals surface area contributed by atoms with Gasteiger partial charge in [0, 0.05) is 20.1 Å². The summed E-state index contributed by atoms with van der Waals surface area (Å²) in [6, 6.07) is 16.7. The van der Waals surface area contributed by atoms with Crippen LogP contribution in [0.25, 0.3) is 0 Å². The summed E-state index contributed by atoms with van der Waals surface area (Å²) in [7, 11) is 3.50. The number of methoxy groups -OCH3 is 1. The molecule has 0 fully saturated rings. The van der Waals surface area contributed by atoms with Crippen LogP contribution in [0, 0.1) is 6.92 Å². The number of hydrogen-bond acceptors (Lipinski definition) is 2. The normalized spacial score (nSPS) is 10.8. The summed E-state index contributed by atoms with van der Waals surface area (Å²) >= 11 is 0. The fraction of sp³-hybridized carbons (Fsp3) is 0.350. The van der Waals surface area contributed by atoms with Crippen molar-refractivity contribution in [3.8, 4) is 5.75 Å². The van der Waals surface area contributed by atoms with Crippen LogP contribution in [0.3, 0.4) is 0 Å². The third-order valence-corrected chi connectivity index (χ3v) is 3.83. The van der Waals surface area contributed by atoms with Crippen molar-refractivity contribution < 1.29 is 4.74 Å². The van der Waals surface area contributed by atoms with E-state index in [1.165, 1.54) is 16.7 Å². The van der Waals surface area contributed by atoms with Crippen LogP contribution in [0.2, 0.25) is 0 Å². The minimum absolute atomic E-state index is 0. The molecule has 2 N–H and O–H groups in total. The van der Waals surface area contributed by atoms with E-state index in [4.69, 9.17) is 4.74 Å². The van der Waals surface area contributed by atoms with E-state index < -0.39 is 0 Å². The second kappa shape index (κ2) is 11.7. The lowest BCUT2D eigenvalue weighted by molar-refractivity contribution is 0.414. The molecule has 0 aliphatic carbocycles. The Balaban J connectivity index is 0.00000312. The number of rotatable bonds is 7. The highest BCUT2D eigenvalue weighted by Gasteiger charge is 2.00. The van der Waals surface area contributed by atoms with Crippen molar-refractivity contribution in [1.29, 1.82) is 0 Å². The van der Waals surface area contributed by atoms with E-state index in [2.05, 4.69) is 58.9 Å². The summed E-state index contributed by atoms with van der Waals surface area (Å²) in [5, 5.41) is 6.71. The number of benzene rings is 2. The van der Waals surface area contributed by atoms with E-state index in [0.29, 0.717) is 0 Å². The van der Waals surface area contributed by atoms with Crippen LogP contribution in [0.5, 0.6) is 5.75 Å². The number of guanidine groups is 1. The van der Waals surface area contributed by atoms with Crippen LogP contribution in [0.1, 0.15) is 23.1 Å². The molecule has 4 nitrogen and oxygen atoms in total. The van der Waals surface area contributed by atoms with Crippen molar-refractivity contribution >= 4 is 29.9 Å². The molecule has 0 aliphatic heterocycles. The number of aryl methyl sites for hydroxylation is 2. The molecule has 0 saturated heterocycles. The van der Waals surface area contributed by atoms with Crippen LogP contribution in [0.15, 0.2) is 53.5 Å². The molecule has 2 rings (SSSR count). The second-order valence-electron chi connectivity index (χ2n) is 5.80. The zero-order valence-electron chi connectivity index (χ0n) is 15.2. The van der Waals surface area contributed by atoms with Crippen molar-refractivity contribution in [2.45, 2.75) is 26.3 Å². The van der Waals surface area contributed by atoms with Crippen molar-refractivity contribution in [3.05, 3.63) is 65.2 Å². The summed E-state index contributed by atoms with van der Waals surface area (Å²) in [6.07, 6.45) is 2.05. The predicted molar refractivity (Wildman–Crippen MR) is 116 cm³/mol. The summed E-state index contributed by atoms with van der Waals surface area (Å²) in [4.78, 5) is 4.27.